The number of anilines is 1. The van der Waals surface area contributed by atoms with Gasteiger partial charge in [0.1, 0.15) is 11.9 Å². The number of carbonyl (C=O) groups is 1. The number of benzene rings is 2. The molecule has 2 aromatic rings. The Morgan fingerprint density at radius 3 is 2.42 bits per heavy atom. The van der Waals surface area contributed by atoms with Crippen molar-refractivity contribution in [3.8, 4) is 0 Å². The van der Waals surface area contributed by atoms with Crippen LogP contribution in [0.3, 0.4) is 0 Å². The maximum atomic E-state index is 13.2. The average molecular weight is 399 g/mol. The molecule has 2 N–H and O–H groups in total. The summed E-state index contributed by atoms with van der Waals surface area (Å²) in [6.45, 7) is 5.10. The fourth-order valence-electron chi connectivity index (χ4n) is 2.34. The molecule has 140 valence electrons. The lowest BCUT2D eigenvalue weighted by atomic mass is 10.0. The number of sulfonamides is 1. The van der Waals surface area contributed by atoms with Crippen LogP contribution in [0.2, 0.25) is 5.02 Å². The van der Waals surface area contributed by atoms with Gasteiger partial charge in [0.05, 0.1) is 4.90 Å². The molecule has 26 heavy (non-hydrogen) atoms. The molecule has 0 aliphatic heterocycles. The number of hydrogen-bond acceptors (Lipinski definition) is 3. The zero-order valence-corrected chi connectivity index (χ0v) is 16.2. The van der Waals surface area contributed by atoms with Crippen molar-refractivity contribution in [3.05, 3.63) is 58.9 Å². The maximum absolute atomic E-state index is 13.2. The van der Waals surface area contributed by atoms with Crippen LogP contribution in [-0.2, 0) is 14.8 Å². The van der Waals surface area contributed by atoms with Crippen molar-refractivity contribution in [3.63, 3.8) is 0 Å². The second-order valence-electron chi connectivity index (χ2n) is 6.25. The predicted molar refractivity (Wildman–Crippen MR) is 100 cm³/mol. The molecule has 0 aliphatic rings. The van der Waals surface area contributed by atoms with Gasteiger partial charge in [-0.3, -0.25) is 4.79 Å². The van der Waals surface area contributed by atoms with Gasteiger partial charge in [-0.25, -0.2) is 12.8 Å². The van der Waals surface area contributed by atoms with Crippen LogP contribution in [0.15, 0.2) is 47.4 Å². The Balaban J connectivity index is 2.24. The SMILES string of the molecule is Cc1cc(F)ccc1NC(=O)[C@@H](NS(=O)(=O)c1cccc(Cl)c1)C(C)C. The molecule has 0 radical (unpaired) electrons. The third-order valence-corrected chi connectivity index (χ3v) is 5.46. The Morgan fingerprint density at radius 1 is 1.15 bits per heavy atom. The summed E-state index contributed by atoms with van der Waals surface area (Å²) in [4.78, 5) is 12.6. The number of amides is 1. The Hall–Kier alpha value is -1.96. The monoisotopic (exact) mass is 398 g/mol. The maximum Gasteiger partial charge on any atom is 0.242 e. The van der Waals surface area contributed by atoms with Crippen LogP contribution >= 0.6 is 11.6 Å². The third-order valence-electron chi connectivity index (χ3n) is 3.78. The molecule has 1 amide bonds. The lowest BCUT2D eigenvalue weighted by Gasteiger charge is -2.22. The summed E-state index contributed by atoms with van der Waals surface area (Å²) in [6, 6.07) is 8.72. The van der Waals surface area contributed by atoms with Crippen molar-refractivity contribution in [1.29, 1.82) is 0 Å². The fourth-order valence-corrected chi connectivity index (χ4v) is 3.98. The Bertz CT molecular complexity index is 916. The molecule has 0 fully saturated rings. The first kappa shape index (κ1) is 20.4. The smallest absolute Gasteiger partial charge is 0.242 e. The summed E-state index contributed by atoms with van der Waals surface area (Å²) < 4.78 is 40.8. The number of carbonyl (C=O) groups excluding carboxylic acids is 1. The number of nitrogens with one attached hydrogen (secondary N) is 2. The Morgan fingerprint density at radius 2 is 1.85 bits per heavy atom. The number of aryl methyl sites for hydroxylation is 1. The van der Waals surface area contributed by atoms with Gasteiger partial charge >= 0.3 is 0 Å². The van der Waals surface area contributed by atoms with E-state index in [4.69, 9.17) is 11.6 Å². The van der Waals surface area contributed by atoms with Crippen LogP contribution in [0.4, 0.5) is 10.1 Å². The highest BCUT2D eigenvalue weighted by Crippen LogP contribution is 2.19. The molecule has 2 rings (SSSR count). The van der Waals surface area contributed by atoms with Crippen molar-refractivity contribution in [2.45, 2.75) is 31.7 Å². The Kier molecular flexibility index (Phi) is 6.39. The highest BCUT2D eigenvalue weighted by Gasteiger charge is 2.28. The summed E-state index contributed by atoms with van der Waals surface area (Å²) in [5, 5.41) is 2.92. The van der Waals surface area contributed by atoms with Crippen LogP contribution in [0, 0.1) is 18.7 Å². The minimum atomic E-state index is -3.94. The second-order valence-corrected chi connectivity index (χ2v) is 8.40. The van der Waals surface area contributed by atoms with Gasteiger partial charge in [0.15, 0.2) is 0 Å². The molecule has 0 aromatic heterocycles. The molecular weight excluding hydrogens is 379 g/mol. The van der Waals surface area contributed by atoms with Crippen molar-refractivity contribution in [1.82, 2.24) is 4.72 Å². The summed E-state index contributed by atoms with van der Waals surface area (Å²) in [5.41, 5.74) is 0.961. The molecule has 5 nitrogen and oxygen atoms in total. The van der Waals surface area contributed by atoms with E-state index in [-0.39, 0.29) is 15.8 Å². The van der Waals surface area contributed by atoms with E-state index in [1.54, 1.807) is 26.8 Å². The summed E-state index contributed by atoms with van der Waals surface area (Å²) in [7, 11) is -3.94. The summed E-state index contributed by atoms with van der Waals surface area (Å²) in [6.07, 6.45) is 0. The van der Waals surface area contributed by atoms with E-state index in [1.807, 2.05) is 0 Å². The van der Waals surface area contributed by atoms with E-state index < -0.39 is 27.8 Å². The highest BCUT2D eigenvalue weighted by molar-refractivity contribution is 7.89. The molecule has 1 atom stereocenters. The number of hydrogen-bond donors (Lipinski definition) is 2. The molecular formula is C18H20ClFN2O3S. The third kappa shape index (κ3) is 5.03. The van der Waals surface area contributed by atoms with Gasteiger partial charge in [0.2, 0.25) is 15.9 Å². The summed E-state index contributed by atoms with van der Waals surface area (Å²) in [5.74, 6) is -1.26. The van der Waals surface area contributed by atoms with E-state index in [9.17, 15) is 17.6 Å². The normalized spacial score (nSPS) is 12.8. The van der Waals surface area contributed by atoms with E-state index >= 15 is 0 Å². The topological polar surface area (TPSA) is 75.3 Å². The first-order chi connectivity index (χ1) is 12.1. The predicted octanol–water partition coefficient (Wildman–Crippen LogP) is 3.73. The van der Waals surface area contributed by atoms with E-state index in [0.717, 1.165) is 0 Å². The van der Waals surface area contributed by atoms with E-state index in [1.165, 1.54) is 36.4 Å². The van der Waals surface area contributed by atoms with Crippen LogP contribution in [0.1, 0.15) is 19.4 Å². The molecule has 0 saturated carbocycles. The first-order valence-electron chi connectivity index (χ1n) is 7.95. The molecule has 0 heterocycles. The number of halogens is 2. The quantitative estimate of drug-likeness (QED) is 0.778. The molecule has 0 saturated heterocycles. The van der Waals surface area contributed by atoms with Crippen LogP contribution in [0.25, 0.3) is 0 Å². The van der Waals surface area contributed by atoms with Crippen LogP contribution in [-0.4, -0.2) is 20.4 Å². The van der Waals surface area contributed by atoms with Crippen molar-refractivity contribution >= 4 is 33.2 Å². The molecule has 0 unspecified atom stereocenters. The van der Waals surface area contributed by atoms with Crippen LogP contribution in [0.5, 0.6) is 0 Å². The van der Waals surface area contributed by atoms with Gasteiger partial charge in [-0.2, -0.15) is 4.72 Å². The molecule has 0 bridgehead atoms. The Labute approximate surface area is 157 Å². The lowest BCUT2D eigenvalue weighted by molar-refractivity contribution is -0.118. The van der Waals surface area contributed by atoms with Gasteiger partial charge < -0.3 is 5.32 Å². The lowest BCUT2D eigenvalue weighted by Crippen LogP contribution is -2.47. The molecule has 0 aliphatic carbocycles. The standard InChI is InChI=1S/C18H20ClFN2O3S/c1-11(2)17(18(23)21-16-8-7-14(20)9-12(16)3)22-26(24,25)15-6-4-5-13(19)10-15/h4-11,17,22H,1-3H3,(H,21,23)/t17-/m0/s1. The zero-order valence-electron chi connectivity index (χ0n) is 14.6. The largest absolute Gasteiger partial charge is 0.324 e. The van der Waals surface area contributed by atoms with Gasteiger partial charge in [-0.15, -0.1) is 0 Å². The second kappa shape index (κ2) is 8.16. The molecule has 8 heteroatoms. The summed E-state index contributed by atoms with van der Waals surface area (Å²) >= 11 is 5.85. The van der Waals surface area contributed by atoms with E-state index in [2.05, 4.69) is 10.0 Å². The first-order valence-corrected chi connectivity index (χ1v) is 9.81. The van der Waals surface area contributed by atoms with Crippen molar-refractivity contribution in [2.75, 3.05) is 5.32 Å². The van der Waals surface area contributed by atoms with Crippen molar-refractivity contribution < 1.29 is 17.6 Å². The van der Waals surface area contributed by atoms with Gasteiger partial charge in [-0.05, 0) is 54.8 Å². The minimum absolute atomic E-state index is 0.0265. The molecule has 0 spiro atoms. The van der Waals surface area contributed by atoms with Gasteiger partial charge in [0.25, 0.3) is 0 Å². The fraction of sp³-hybridized carbons (Fsp3) is 0.278. The van der Waals surface area contributed by atoms with Crippen molar-refractivity contribution in [2.24, 2.45) is 5.92 Å². The minimum Gasteiger partial charge on any atom is -0.324 e. The van der Waals surface area contributed by atoms with E-state index in [0.29, 0.717) is 11.3 Å². The van der Waals surface area contributed by atoms with Crippen LogP contribution < -0.4 is 10.0 Å². The zero-order chi connectivity index (χ0) is 19.5. The van der Waals surface area contributed by atoms with Gasteiger partial charge in [0, 0.05) is 10.7 Å². The average Bonchev–Trinajstić information content (AvgIpc) is 2.55. The molecule has 2 aromatic carbocycles. The number of rotatable bonds is 6. The highest BCUT2D eigenvalue weighted by atomic mass is 35.5. The van der Waals surface area contributed by atoms with Gasteiger partial charge in [-0.1, -0.05) is 31.5 Å².